The SMILES string of the molecule is CCCNC(c1ccc(C)c(F)c1)c1ncc[nH]1. The van der Waals surface area contributed by atoms with Crippen LogP contribution in [0, 0.1) is 12.7 Å². The van der Waals surface area contributed by atoms with Crippen molar-refractivity contribution in [2.75, 3.05) is 6.54 Å². The third kappa shape index (κ3) is 2.76. The Labute approximate surface area is 106 Å². The number of nitrogens with zero attached hydrogens (tertiary/aromatic N) is 1. The molecule has 0 aliphatic carbocycles. The zero-order chi connectivity index (χ0) is 13.0. The van der Waals surface area contributed by atoms with Crippen LogP contribution in [-0.4, -0.2) is 16.5 Å². The molecule has 1 aromatic carbocycles. The quantitative estimate of drug-likeness (QED) is 0.852. The van der Waals surface area contributed by atoms with Gasteiger partial charge in [-0.25, -0.2) is 9.37 Å². The van der Waals surface area contributed by atoms with Crippen molar-refractivity contribution < 1.29 is 4.39 Å². The molecule has 0 fully saturated rings. The zero-order valence-corrected chi connectivity index (χ0v) is 10.7. The van der Waals surface area contributed by atoms with Gasteiger partial charge in [-0.05, 0) is 37.1 Å². The molecular formula is C14H18FN3. The summed E-state index contributed by atoms with van der Waals surface area (Å²) in [7, 11) is 0. The van der Waals surface area contributed by atoms with Gasteiger partial charge in [0.1, 0.15) is 11.6 Å². The van der Waals surface area contributed by atoms with E-state index in [1.807, 2.05) is 6.07 Å². The van der Waals surface area contributed by atoms with Gasteiger partial charge in [-0.15, -0.1) is 0 Å². The van der Waals surface area contributed by atoms with Gasteiger partial charge in [0.25, 0.3) is 0 Å². The van der Waals surface area contributed by atoms with Gasteiger partial charge >= 0.3 is 0 Å². The van der Waals surface area contributed by atoms with Crippen LogP contribution in [0.25, 0.3) is 0 Å². The number of rotatable bonds is 5. The number of hydrogen-bond acceptors (Lipinski definition) is 2. The van der Waals surface area contributed by atoms with Crippen molar-refractivity contribution in [2.45, 2.75) is 26.3 Å². The van der Waals surface area contributed by atoms with Crippen LogP contribution in [0.1, 0.15) is 36.3 Å². The molecule has 1 unspecified atom stereocenters. The second-order valence-electron chi connectivity index (χ2n) is 4.37. The maximum absolute atomic E-state index is 13.6. The number of benzene rings is 1. The molecule has 0 bridgehead atoms. The van der Waals surface area contributed by atoms with E-state index >= 15 is 0 Å². The number of H-pyrrole nitrogens is 1. The first-order valence-electron chi connectivity index (χ1n) is 6.21. The highest BCUT2D eigenvalue weighted by Gasteiger charge is 2.16. The molecule has 96 valence electrons. The van der Waals surface area contributed by atoms with E-state index in [9.17, 15) is 4.39 Å². The second-order valence-corrected chi connectivity index (χ2v) is 4.37. The topological polar surface area (TPSA) is 40.7 Å². The Morgan fingerprint density at radius 3 is 2.89 bits per heavy atom. The molecule has 18 heavy (non-hydrogen) atoms. The van der Waals surface area contributed by atoms with Gasteiger partial charge < -0.3 is 10.3 Å². The van der Waals surface area contributed by atoms with Crippen LogP contribution in [0.3, 0.4) is 0 Å². The molecule has 3 nitrogen and oxygen atoms in total. The molecule has 0 aliphatic rings. The monoisotopic (exact) mass is 247 g/mol. The Hall–Kier alpha value is -1.68. The number of aromatic nitrogens is 2. The van der Waals surface area contributed by atoms with E-state index in [1.165, 1.54) is 0 Å². The minimum atomic E-state index is -0.178. The lowest BCUT2D eigenvalue weighted by Crippen LogP contribution is -2.24. The summed E-state index contributed by atoms with van der Waals surface area (Å²) in [6.45, 7) is 4.73. The van der Waals surface area contributed by atoms with Crippen LogP contribution in [0.5, 0.6) is 0 Å². The summed E-state index contributed by atoms with van der Waals surface area (Å²) in [6.07, 6.45) is 4.51. The van der Waals surface area contributed by atoms with Crippen molar-refractivity contribution in [3.8, 4) is 0 Å². The molecule has 0 saturated heterocycles. The first kappa shape index (κ1) is 12.8. The van der Waals surface area contributed by atoms with E-state index in [1.54, 1.807) is 31.5 Å². The van der Waals surface area contributed by atoms with Gasteiger partial charge in [-0.2, -0.15) is 0 Å². The Kier molecular flexibility index (Phi) is 4.10. The summed E-state index contributed by atoms with van der Waals surface area (Å²) < 4.78 is 13.6. The number of aromatic amines is 1. The summed E-state index contributed by atoms with van der Waals surface area (Å²) in [6, 6.07) is 5.23. The second kappa shape index (κ2) is 5.78. The van der Waals surface area contributed by atoms with E-state index in [0.29, 0.717) is 5.56 Å². The molecule has 2 N–H and O–H groups in total. The van der Waals surface area contributed by atoms with E-state index in [0.717, 1.165) is 24.4 Å². The van der Waals surface area contributed by atoms with E-state index in [2.05, 4.69) is 22.2 Å². The average molecular weight is 247 g/mol. The molecule has 0 aliphatic heterocycles. The highest BCUT2D eigenvalue weighted by atomic mass is 19.1. The maximum atomic E-state index is 13.6. The van der Waals surface area contributed by atoms with Crippen molar-refractivity contribution in [2.24, 2.45) is 0 Å². The van der Waals surface area contributed by atoms with Crippen molar-refractivity contribution in [3.63, 3.8) is 0 Å². The molecule has 2 rings (SSSR count). The largest absolute Gasteiger partial charge is 0.347 e. The van der Waals surface area contributed by atoms with Crippen molar-refractivity contribution in [3.05, 3.63) is 53.4 Å². The third-order valence-corrected chi connectivity index (χ3v) is 2.92. The Morgan fingerprint density at radius 2 is 2.28 bits per heavy atom. The van der Waals surface area contributed by atoms with Gasteiger partial charge in [0, 0.05) is 12.4 Å². The lowest BCUT2D eigenvalue weighted by atomic mass is 10.0. The van der Waals surface area contributed by atoms with Crippen molar-refractivity contribution in [1.82, 2.24) is 15.3 Å². The number of imidazole rings is 1. The Morgan fingerprint density at radius 1 is 1.44 bits per heavy atom. The molecule has 1 heterocycles. The number of nitrogens with one attached hydrogen (secondary N) is 2. The third-order valence-electron chi connectivity index (χ3n) is 2.92. The van der Waals surface area contributed by atoms with Crippen LogP contribution >= 0.6 is 0 Å². The minimum Gasteiger partial charge on any atom is -0.347 e. The normalized spacial score (nSPS) is 12.6. The van der Waals surface area contributed by atoms with E-state index < -0.39 is 0 Å². The molecule has 1 atom stereocenters. The minimum absolute atomic E-state index is 0.0879. The van der Waals surface area contributed by atoms with Gasteiger partial charge in [0.05, 0.1) is 6.04 Å². The molecule has 0 spiro atoms. The fourth-order valence-corrected chi connectivity index (χ4v) is 1.89. The standard InChI is InChI=1S/C14H18FN3/c1-3-6-16-13(14-17-7-8-18-14)11-5-4-10(2)12(15)9-11/h4-5,7-9,13,16H,3,6H2,1-2H3,(H,17,18). The van der Waals surface area contributed by atoms with Crippen LogP contribution in [-0.2, 0) is 0 Å². The first-order chi connectivity index (χ1) is 8.72. The lowest BCUT2D eigenvalue weighted by Gasteiger charge is -2.17. The summed E-state index contributed by atoms with van der Waals surface area (Å²) in [4.78, 5) is 7.34. The van der Waals surface area contributed by atoms with Crippen molar-refractivity contribution >= 4 is 0 Å². The molecule has 0 amide bonds. The van der Waals surface area contributed by atoms with E-state index in [-0.39, 0.29) is 11.9 Å². The number of halogens is 1. The van der Waals surface area contributed by atoms with Crippen molar-refractivity contribution in [1.29, 1.82) is 0 Å². The smallest absolute Gasteiger partial charge is 0.127 e. The zero-order valence-electron chi connectivity index (χ0n) is 10.7. The predicted octanol–water partition coefficient (Wildman–Crippen LogP) is 2.95. The van der Waals surface area contributed by atoms with Gasteiger partial charge in [0.15, 0.2) is 0 Å². The Balaban J connectivity index is 2.30. The molecule has 2 aromatic rings. The van der Waals surface area contributed by atoms with Crippen LogP contribution in [0.15, 0.2) is 30.6 Å². The van der Waals surface area contributed by atoms with Crippen LogP contribution < -0.4 is 5.32 Å². The summed E-state index contributed by atoms with van der Waals surface area (Å²) in [5.41, 5.74) is 1.55. The summed E-state index contributed by atoms with van der Waals surface area (Å²) in [5.74, 6) is 0.633. The predicted molar refractivity (Wildman–Crippen MR) is 69.9 cm³/mol. The molecule has 1 aromatic heterocycles. The fraction of sp³-hybridized carbons (Fsp3) is 0.357. The molecular weight excluding hydrogens is 229 g/mol. The average Bonchev–Trinajstić information content (AvgIpc) is 2.88. The molecule has 0 saturated carbocycles. The molecule has 4 heteroatoms. The molecule has 0 radical (unpaired) electrons. The number of aryl methyl sites for hydroxylation is 1. The van der Waals surface area contributed by atoms with Gasteiger partial charge in [0.2, 0.25) is 0 Å². The highest BCUT2D eigenvalue weighted by Crippen LogP contribution is 2.21. The fourth-order valence-electron chi connectivity index (χ4n) is 1.89. The Bertz CT molecular complexity index is 494. The van der Waals surface area contributed by atoms with Crippen LogP contribution in [0.2, 0.25) is 0 Å². The maximum Gasteiger partial charge on any atom is 0.127 e. The highest BCUT2D eigenvalue weighted by molar-refractivity contribution is 5.29. The first-order valence-corrected chi connectivity index (χ1v) is 6.21. The number of hydrogen-bond donors (Lipinski definition) is 2. The van der Waals surface area contributed by atoms with E-state index in [4.69, 9.17) is 0 Å². The summed E-state index contributed by atoms with van der Waals surface area (Å²) >= 11 is 0. The van der Waals surface area contributed by atoms with Gasteiger partial charge in [-0.3, -0.25) is 0 Å². The lowest BCUT2D eigenvalue weighted by molar-refractivity contribution is 0.566. The van der Waals surface area contributed by atoms with Crippen LogP contribution in [0.4, 0.5) is 4.39 Å². The van der Waals surface area contributed by atoms with Gasteiger partial charge in [-0.1, -0.05) is 19.1 Å². The summed E-state index contributed by atoms with van der Waals surface area (Å²) in [5, 5.41) is 3.37.